The molecule has 1 aliphatic rings. The van der Waals surface area contributed by atoms with Gasteiger partial charge in [-0.3, -0.25) is 0 Å². The van der Waals surface area contributed by atoms with E-state index in [1.54, 1.807) is 24.4 Å². The normalized spacial score (nSPS) is 16.0. The van der Waals surface area contributed by atoms with E-state index in [4.69, 9.17) is 32.7 Å². The first kappa shape index (κ1) is 20.8. The Hall–Kier alpha value is -2.47. The Kier molecular flexibility index (Phi) is 6.62. The standard InChI is InChI=1S/C23H22Cl2N2O3/c24-19-4-1-2-6-22(19)29-17-7-8-21(16(14-17)10-13-28)27-12-9-18(15-27)30-23-20(25)5-3-11-26-23/h1-8,11,14,18,28H,9-10,12-13,15H2. The van der Waals surface area contributed by atoms with Gasteiger partial charge in [0.25, 0.3) is 0 Å². The third-order valence-corrected chi connectivity index (χ3v) is 5.59. The van der Waals surface area contributed by atoms with Crippen molar-refractivity contribution in [1.82, 2.24) is 4.98 Å². The number of aliphatic hydroxyl groups is 1. The number of rotatable bonds is 7. The molecule has 2 aromatic carbocycles. The van der Waals surface area contributed by atoms with Gasteiger partial charge in [-0.2, -0.15) is 0 Å². The fraction of sp³-hybridized carbons (Fsp3) is 0.261. The van der Waals surface area contributed by atoms with Crippen LogP contribution in [0.4, 0.5) is 5.69 Å². The number of hydrogen-bond acceptors (Lipinski definition) is 5. The van der Waals surface area contributed by atoms with Crippen LogP contribution >= 0.6 is 23.2 Å². The molecule has 1 unspecified atom stereocenters. The number of nitrogens with zero attached hydrogens (tertiary/aromatic N) is 2. The van der Waals surface area contributed by atoms with Crippen LogP contribution in [-0.4, -0.2) is 35.9 Å². The van der Waals surface area contributed by atoms with Gasteiger partial charge in [0.1, 0.15) is 22.6 Å². The highest BCUT2D eigenvalue weighted by Gasteiger charge is 2.26. The second-order valence-corrected chi connectivity index (χ2v) is 7.88. The van der Waals surface area contributed by atoms with Gasteiger partial charge in [-0.05, 0) is 54.4 Å². The number of aliphatic hydroxyl groups excluding tert-OH is 1. The molecule has 5 nitrogen and oxygen atoms in total. The van der Waals surface area contributed by atoms with E-state index in [0.717, 1.165) is 30.8 Å². The van der Waals surface area contributed by atoms with Crippen LogP contribution in [0.2, 0.25) is 10.0 Å². The van der Waals surface area contributed by atoms with Crippen molar-refractivity contribution in [3.8, 4) is 17.4 Å². The number of aromatic nitrogens is 1. The molecule has 0 radical (unpaired) electrons. The first-order chi connectivity index (χ1) is 14.6. The molecule has 1 atom stereocenters. The van der Waals surface area contributed by atoms with Crippen molar-refractivity contribution in [3.05, 3.63) is 76.4 Å². The van der Waals surface area contributed by atoms with Gasteiger partial charge in [-0.1, -0.05) is 35.3 Å². The number of pyridine rings is 1. The van der Waals surface area contributed by atoms with Crippen molar-refractivity contribution in [2.24, 2.45) is 0 Å². The Morgan fingerprint density at radius 1 is 1.07 bits per heavy atom. The van der Waals surface area contributed by atoms with E-state index in [9.17, 15) is 5.11 Å². The SMILES string of the molecule is OCCc1cc(Oc2ccccc2Cl)ccc1N1CCC(Oc2ncccc2Cl)C1. The van der Waals surface area contributed by atoms with Crippen LogP contribution in [0.1, 0.15) is 12.0 Å². The van der Waals surface area contributed by atoms with Crippen LogP contribution in [-0.2, 0) is 6.42 Å². The van der Waals surface area contributed by atoms with Gasteiger partial charge in [0.05, 0.1) is 11.6 Å². The number of anilines is 1. The van der Waals surface area contributed by atoms with Crippen molar-refractivity contribution in [1.29, 1.82) is 0 Å². The molecule has 1 N–H and O–H groups in total. The average Bonchev–Trinajstić information content (AvgIpc) is 3.20. The highest BCUT2D eigenvalue weighted by atomic mass is 35.5. The van der Waals surface area contributed by atoms with Crippen LogP contribution in [0, 0.1) is 0 Å². The Bertz CT molecular complexity index is 1020. The van der Waals surface area contributed by atoms with Gasteiger partial charge in [0, 0.05) is 31.5 Å². The van der Waals surface area contributed by atoms with Gasteiger partial charge in [-0.15, -0.1) is 0 Å². The van der Waals surface area contributed by atoms with E-state index in [-0.39, 0.29) is 12.7 Å². The monoisotopic (exact) mass is 444 g/mol. The molecule has 1 fully saturated rings. The summed E-state index contributed by atoms with van der Waals surface area (Å²) in [5.41, 5.74) is 2.08. The fourth-order valence-electron chi connectivity index (χ4n) is 3.57. The molecule has 0 bridgehead atoms. The Balaban J connectivity index is 1.49. The zero-order valence-corrected chi connectivity index (χ0v) is 17.8. The highest BCUT2D eigenvalue weighted by molar-refractivity contribution is 6.32. The van der Waals surface area contributed by atoms with Crippen LogP contribution in [0.3, 0.4) is 0 Å². The second kappa shape index (κ2) is 9.56. The molecular weight excluding hydrogens is 423 g/mol. The molecule has 1 aliphatic heterocycles. The third kappa shape index (κ3) is 4.81. The Morgan fingerprint density at radius 2 is 1.90 bits per heavy atom. The lowest BCUT2D eigenvalue weighted by Gasteiger charge is -2.23. The number of halogens is 2. The molecule has 3 aromatic rings. The molecule has 1 aromatic heterocycles. The molecule has 4 rings (SSSR count). The van der Waals surface area contributed by atoms with Crippen LogP contribution in [0.25, 0.3) is 0 Å². The predicted molar refractivity (Wildman–Crippen MR) is 119 cm³/mol. The van der Waals surface area contributed by atoms with Gasteiger partial charge >= 0.3 is 0 Å². The molecule has 156 valence electrons. The molecular formula is C23H22Cl2N2O3. The Labute approximate surface area is 185 Å². The first-order valence-corrected chi connectivity index (χ1v) is 10.6. The van der Waals surface area contributed by atoms with E-state index in [1.807, 2.05) is 36.4 Å². The van der Waals surface area contributed by atoms with Crippen LogP contribution < -0.4 is 14.4 Å². The summed E-state index contributed by atoms with van der Waals surface area (Å²) in [5, 5.41) is 10.6. The Morgan fingerprint density at radius 3 is 2.70 bits per heavy atom. The molecule has 0 spiro atoms. The number of benzene rings is 2. The molecule has 30 heavy (non-hydrogen) atoms. The van der Waals surface area contributed by atoms with Gasteiger partial charge in [0.2, 0.25) is 5.88 Å². The van der Waals surface area contributed by atoms with Crippen molar-refractivity contribution in [3.63, 3.8) is 0 Å². The quantitative estimate of drug-likeness (QED) is 0.530. The molecule has 1 saturated heterocycles. The lowest BCUT2D eigenvalue weighted by atomic mass is 10.1. The maximum atomic E-state index is 9.56. The zero-order valence-electron chi connectivity index (χ0n) is 16.3. The molecule has 7 heteroatoms. The van der Waals surface area contributed by atoms with Gasteiger partial charge in [-0.25, -0.2) is 4.98 Å². The minimum Gasteiger partial charge on any atom is -0.471 e. The van der Waals surface area contributed by atoms with Gasteiger partial charge < -0.3 is 19.5 Å². The van der Waals surface area contributed by atoms with E-state index in [0.29, 0.717) is 33.8 Å². The number of para-hydroxylation sites is 1. The van der Waals surface area contributed by atoms with Crippen LogP contribution in [0.5, 0.6) is 17.4 Å². The number of ether oxygens (including phenoxy) is 2. The summed E-state index contributed by atoms with van der Waals surface area (Å²) in [6.07, 6.45) is 3.07. The highest BCUT2D eigenvalue weighted by Crippen LogP contribution is 2.34. The molecule has 2 heterocycles. The summed E-state index contributed by atoms with van der Waals surface area (Å²) in [6, 6.07) is 16.8. The molecule has 0 aliphatic carbocycles. The van der Waals surface area contributed by atoms with Crippen molar-refractivity contribution < 1.29 is 14.6 Å². The topological polar surface area (TPSA) is 54.8 Å². The zero-order chi connectivity index (χ0) is 20.9. The fourth-order valence-corrected chi connectivity index (χ4v) is 3.91. The minimum absolute atomic E-state index is 0.00146. The molecule has 0 amide bonds. The van der Waals surface area contributed by atoms with E-state index < -0.39 is 0 Å². The maximum absolute atomic E-state index is 9.56. The van der Waals surface area contributed by atoms with E-state index >= 15 is 0 Å². The average molecular weight is 445 g/mol. The maximum Gasteiger partial charge on any atom is 0.232 e. The van der Waals surface area contributed by atoms with Crippen molar-refractivity contribution in [2.45, 2.75) is 18.9 Å². The lowest BCUT2D eigenvalue weighted by molar-refractivity contribution is 0.216. The van der Waals surface area contributed by atoms with Crippen LogP contribution in [0.15, 0.2) is 60.8 Å². The second-order valence-electron chi connectivity index (χ2n) is 7.06. The summed E-state index contributed by atoms with van der Waals surface area (Å²) < 4.78 is 11.9. The van der Waals surface area contributed by atoms with Crippen molar-refractivity contribution >= 4 is 28.9 Å². The largest absolute Gasteiger partial charge is 0.471 e. The summed E-state index contributed by atoms with van der Waals surface area (Å²) >= 11 is 12.4. The summed E-state index contributed by atoms with van der Waals surface area (Å²) in [7, 11) is 0. The van der Waals surface area contributed by atoms with E-state index in [1.165, 1.54) is 0 Å². The van der Waals surface area contributed by atoms with Crippen molar-refractivity contribution in [2.75, 3.05) is 24.6 Å². The summed E-state index contributed by atoms with van der Waals surface area (Å²) in [5.74, 6) is 1.75. The van der Waals surface area contributed by atoms with E-state index in [2.05, 4.69) is 9.88 Å². The lowest BCUT2D eigenvalue weighted by Crippen LogP contribution is -2.25. The van der Waals surface area contributed by atoms with Gasteiger partial charge in [0.15, 0.2) is 0 Å². The minimum atomic E-state index is -0.00146. The summed E-state index contributed by atoms with van der Waals surface area (Å²) in [4.78, 5) is 6.47. The smallest absolute Gasteiger partial charge is 0.232 e. The first-order valence-electron chi connectivity index (χ1n) is 9.82. The molecule has 0 saturated carbocycles. The summed E-state index contributed by atoms with van der Waals surface area (Å²) in [6.45, 7) is 1.62. The predicted octanol–water partition coefficient (Wildman–Crippen LogP) is 5.37. The third-order valence-electron chi connectivity index (χ3n) is 4.99. The number of hydrogen-bond donors (Lipinski definition) is 1.